The fraction of sp³-hybridized carbons (Fsp3) is 0.143. The van der Waals surface area contributed by atoms with E-state index in [2.05, 4.69) is 15.3 Å². The van der Waals surface area contributed by atoms with Crippen molar-refractivity contribution in [3.8, 4) is 11.3 Å². The number of nitrogens with zero attached hydrogens (tertiary/aromatic N) is 3. The first-order valence-corrected chi connectivity index (χ1v) is 10.8. The molecule has 0 fully saturated rings. The Morgan fingerprint density at radius 1 is 1.14 bits per heavy atom. The van der Waals surface area contributed by atoms with E-state index >= 15 is 0 Å². The van der Waals surface area contributed by atoms with Crippen molar-refractivity contribution in [1.29, 1.82) is 0 Å². The van der Waals surface area contributed by atoms with Crippen molar-refractivity contribution in [3.63, 3.8) is 0 Å². The van der Waals surface area contributed by atoms with Gasteiger partial charge < -0.3 is 5.32 Å². The average molecular weight is 423 g/mol. The highest BCUT2D eigenvalue weighted by atomic mass is 32.2. The maximum Gasteiger partial charge on any atom is 0.261 e. The van der Waals surface area contributed by atoms with Crippen LogP contribution in [0.25, 0.3) is 22.2 Å². The third-order valence-corrected chi connectivity index (χ3v) is 6.16. The first-order valence-electron chi connectivity index (χ1n) is 8.92. The molecule has 146 valence electrons. The standard InChI is InChI=1S/C21H18N4O2S2/c1-13-7-9-14(10-8-13)17-11-28-20(22-17)24-18(26)12-29-21-23-16-6-4-3-5-15(16)19(27)25(21)2/h3-11H,12H2,1-2H3,(H,22,24,26). The first kappa shape index (κ1) is 19.4. The molecular weight excluding hydrogens is 404 g/mol. The molecule has 0 saturated heterocycles. The molecule has 29 heavy (non-hydrogen) atoms. The Labute approximate surface area is 175 Å². The SMILES string of the molecule is Cc1ccc(-c2csc(NC(=O)CSc3nc4ccccc4c(=O)n3C)n2)cc1. The fourth-order valence-corrected chi connectivity index (χ4v) is 4.31. The molecular formula is C21H18N4O2S2. The van der Waals surface area contributed by atoms with E-state index in [4.69, 9.17) is 0 Å². The number of anilines is 1. The van der Waals surface area contributed by atoms with Gasteiger partial charge >= 0.3 is 0 Å². The molecule has 2 heterocycles. The molecule has 6 nitrogen and oxygen atoms in total. The van der Waals surface area contributed by atoms with Gasteiger partial charge in [0.05, 0.1) is 22.3 Å². The summed E-state index contributed by atoms with van der Waals surface area (Å²) in [6.07, 6.45) is 0. The van der Waals surface area contributed by atoms with Crippen LogP contribution in [0.2, 0.25) is 0 Å². The lowest BCUT2D eigenvalue weighted by Crippen LogP contribution is -2.21. The molecule has 0 spiro atoms. The number of rotatable bonds is 5. The van der Waals surface area contributed by atoms with Crippen LogP contribution in [0.5, 0.6) is 0 Å². The minimum Gasteiger partial charge on any atom is -0.301 e. The molecule has 4 aromatic rings. The number of nitrogens with one attached hydrogen (secondary N) is 1. The highest BCUT2D eigenvalue weighted by Gasteiger charge is 2.12. The molecule has 0 aliphatic rings. The summed E-state index contributed by atoms with van der Waals surface area (Å²) in [5, 5.41) is 6.35. The van der Waals surface area contributed by atoms with E-state index in [-0.39, 0.29) is 17.2 Å². The van der Waals surface area contributed by atoms with Crippen LogP contribution in [0, 0.1) is 6.92 Å². The number of hydrogen-bond donors (Lipinski definition) is 1. The van der Waals surface area contributed by atoms with Crippen molar-refractivity contribution >= 4 is 45.0 Å². The predicted molar refractivity (Wildman–Crippen MR) is 119 cm³/mol. The van der Waals surface area contributed by atoms with Gasteiger partial charge in [-0.1, -0.05) is 53.7 Å². The molecule has 0 radical (unpaired) electrons. The van der Waals surface area contributed by atoms with Crippen LogP contribution in [0.1, 0.15) is 5.56 Å². The number of amides is 1. The molecule has 8 heteroatoms. The second-order valence-electron chi connectivity index (χ2n) is 6.52. The number of para-hydroxylation sites is 1. The Morgan fingerprint density at radius 3 is 2.69 bits per heavy atom. The van der Waals surface area contributed by atoms with Crippen molar-refractivity contribution in [1.82, 2.24) is 14.5 Å². The van der Waals surface area contributed by atoms with Gasteiger partial charge in [-0.25, -0.2) is 9.97 Å². The fourth-order valence-electron chi connectivity index (χ4n) is 2.80. The summed E-state index contributed by atoms with van der Waals surface area (Å²) in [5.41, 5.74) is 3.53. The number of carbonyl (C=O) groups excluding carboxylic acids is 1. The van der Waals surface area contributed by atoms with E-state index in [1.807, 2.05) is 48.7 Å². The van der Waals surface area contributed by atoms with Crippen LogP contribution in [0.15, 0.2) is 63.9 Å². The highest BCUT2D eigenvalue weighted by molar-refractivity contribution is 7.99. The zero-order chi connectivity index (χ0) is 20.4. The number of carbonyl (C=O) groups is 1. The van der Waals surface area contributed by atoms with Crippen molar-refractivity contribution in [2.45, 2.75) is 12.1 Å². The second kappa shape index (κ2) is 8.18. The van der Waals surface area contributed by atoms with Gasteiger partial charge in [0.1, 0.15) is 0 Å². The second-order valence-corrected chi connectivity index (χ2v) is 8.32. The molecule has 0 saturated carbocycles. The number of thioether (sulfide) groups is 1. The number of hydrogen-bond acceptors (Lipinski definition) is 6. The smallest absolute Gasteiger partial charge is 0.261 e. The maximum atomic E-state index is 12.4. The monoisotopic (exact) mass is 422 g/mol. The molecule has 0 aliphatic carbocycles. The molecule has 4 rings (SSSR count). The van der Waals surface area contributed by atoms with Gasteiger partial charge in [-0.2, -0.15) is 0 Å². The van der Waals surface area contributed by atoms with Gasteiger partial charge in [0.25, 0.3) is 5.56 Å². The zero-order valence-corrected chi connectivity index (χ0v) is 17.5. The van der Waals surface area contributed by atoms with Crippen LogP contribution in [-0.2, 0) is 11.8 Å². The number of thiazole rings is 1. The lowest BCUT2D eigenvalue weighted by Gasteiger charge is -2.08. The molecule has 0 aliphatic heterocycles. The molecule has 1 N–H and O–H groups in total. The van der Waals surface area contributed by atoms with Crippen molar-refractivity contribution < 1.29 is 4.79 Å². The number of benzene rings is 2. The normalized spacial score (nSPS) is 11.0. The van der Waals surface area contributed by atoms with Crippen molar-refractivity contribution in [2.24, 2.45) is 7.05 Å². The minimum atomic E-state index is -0.192. The summed E-state index contributed by atoms with van der Waals surface area (Å²) in [6.45, 7) is 2.04. The predicted octanol–water partition coefficient (Wildman–Crippen LogP) is 4.10. The lowest BCUT2D eigenvalue weighted by molar-refractivity contribution is -0.113. The van der Waals surface area contributed by atoms with Crippen molar-refractivity contribution in [2.75, 3.05) is 11.1 Å². The lowest BCUT2D eigenvalue weighted by atomic mass is 10.1. The third-order valence-electron chi connectivity index (χ3n) is 4.37. The van der Waals surface area contributed by atoms with E-state index in [9.17, 15) is 9.59 Å². The molecule has 0 atom stereocenters. The Balaban J connectivity index is 1.43. The third kappa shape index (κ3) is 4.23. The summed E-state index contributed by atoms with van der Waals surface area (Å²) in [7, 11) is 1.66. The number of fused-ring (bicyclic) bond motifs is 1. The summed E-state index contributed by atoms with van der Waals surface area (Å²) < 4.78 is 1.47. The van der Waals surface area contributed by atoms with E-state index in [1.54, 1.807) is 19.2 Å². The quantitative estimate of drug-likeness (QED) is 0.387. The Hall–Kier alpha value is -2.97. The van der Waals surface area contributed by atoms with Crippen LogP contribution < -0.4 is 10.9 Å². The summed E-state index contributed by atoms with van der Waals surface area (Å²) in [6, 6.07) is 15.3. The van der Waals surface area contributed by atoms with Gasteiger partial charge in [-0.15, -0.1) is 11.3 Å². The largest absolute Gasteiger partial charge is 0.301 e. The molecule has 1 amide bonds. The highest BCUT2D eigenvalue weighted by Crippen LogP contribution is 2.25. The van der Waals surface area contributed by atoms with Gasteiger partial charge in [-0.05, 0) is 19.1 Å². The van der Waals surface area contributed by atoms with Crippen LogP contribution in [0.4, 0.5) is 5.13 Å². The average Bonchev–Trinajstić information content (AvgIpc) is 3.18. The molecule has 0 bridgehead atoms. The van der Waals surface area contributed by atoms with Crippen LogP contribution >= 0.6 is 23.1 Å². The summed E-state index contributed by atoms with van der Waals surface area (Å²) in [5.74, 6) is -0.0554. The zero-order valence-electron chi connectivity index (χ0n) is 15.9. The maximum absolute atomic E-state index is 12.4. The van der Waals surface area contributed by atoms with Crippen molar-refractivity contribution in [3.05, 3.63) is 69.8 Å². The minimum absolute atomic E-state index is 0.124. The van der Waals surface area contributed by atoms with Gasteiger partial charge in [0, 0.05) is 18.0 Å². The first-order chi connectivity index (χ1) is 14.0. The summed E-state index contributed by atoms with van der Waals surface area (Å²) in [4.78, 5) is 33.8. The number of aryl methyl sites for hydroxylation is 1. The summed E-state index contributed by atoms with van der Waals surface area (Å²) >= 11 is 2.61. The molecule has 2 aromatic heterocycles. The van der Waals surface area contributed by atoms with E-state index < -0.39 is 0 Å². The Kier molecular flexibility index (Phi) is 5.46. The van der Waals surface area contributed by atoms with Crippen LogP contribution in [-0.4, -0.2) is 26.2 Å². The van der Waals surface area contributed by atoms with Crippen LogP contribution in [0.3, 0.4) is 0 Å². The Morgan fingerprint density at radius 2 is 1.90 bits per heavy atom. The van der Waals surface area contributed by atoms with E-state index in [0.29, 0.717) is 21.2 Å². The topological polar surface area (TPSA) is 76.9 Å². The van der Waals surface area contributed by atoms with Gasteiger partial charge in [0.2, 0.25) is 5.91 Å². The molecule has 0 unspecified atom stereocenters. The molecule has 2 aromatic carbocycles. The van der Waals surface area contributed by atoms with Gasteiger partial charge in [-0.3, -0.25) is 14.2 Å². The number of aromatic nitrogens is 3. The van der Waals surface area contributed by atoms with E-state index in [1.165, 1.54) is 33.2 Å². The van der Waals surface area contributed by atoms with E-state index in [0.717, 1.165) is 11.3 Å². The Bertz CT molecular complexity index is 1250. The van der Waals surface area contributed by atoms with Gasteiger partial charge in [0.15, 0.2) is 10.3 Å².